The fraction of sp³-hybridized carbons (Fsp3) is 0.385. The summed E-state index contributed by atoms with van der Waals surface area (Å²) in [5.41, 5.74) is 1.49. The molecule has 0 radical (unpaired) electrons. The minimum absolute atomic E-state index is 0.0523. The van der Waals surface area contributed by atoms with Crippen LogP contribution in [0.2, 0.25) is 0 Å². The van der Waals surface area contributed by atoms with Crippen LogP contribution in [0.5, 0.6) is 5.75 Å². The van der Waals surface area contributed by atoms with Gasteiger partial charge < -0.3 is 15.2 Å². The molecule has 0 bridgehead atoms. The highest BCUT2D eigenvalue weighted by atomic mass is 32.2. The number of phenolic OH excluding ortho intramolecular Hbond substituents is 1. The Morgan fingerprint density at radius 2 is 1.82 bits per heavy atom. The van der Waals surface area contributed by atoms with E-state index in [1.807, 2.05) is 47.8 Å². The van der Waals surface area contributed by atoms with Crippen molar-refractivity contribution < 1.29 is 14.7 Å². The number of nitrogens with one attached hydrogen (secondary N) is 1. The molecule has 1 heterocycles. The highest BCUT2D eigenvalue weighted by molar-refractivity contribution is 7.99. The van der Waals surface area contributed by atoms with Crippen LogP contribution in [0, 0.1) is 5.92 Å². The molecule has 2 aromatic carbocycles. The Labute approximate surface area is 206 Å². The van der Waals surface area contributed by atoms with Gasteiger partial charge in [-0.1, -0.05) is 68.4 Å². The van der Waals surface area contributed by atoms with Gasteiger partial charge in [0.15, 0.2) is 10.9 Å². The standard InChI is InChI=1S/C25H32N4O2S.CH2O/c1-19(2)17-26-15-8-4-7-14-24-27-28-25(29(24)21-12-9-13-22(30)16-21)32-18-23(31)20-10-5-3-6-11-20;1-2/h3,5-6,9-13,16,19,26,30H,4,7-8,14-15,17-18H2,1-2H3;1H2. The van der Waals surface area contributed by atoms with E-state index >= 15 is 0 Å². The summed E-state index contributed by atoms with van der Waals surface area (Å²) >= 11 is 1.37. The Bertz CT molecular complexity index is 1010. The first-order valence-corrected chi connectivity index (χ1v) is 12.5. The number of unbranched alkanes of at least 4 members (excludes halogenated alkanes) is 2. The van der Waals surface area contributed by atoms with Gasteiger partial charge in [0.25, 0.3) is 0 Å². The summed E-state index contributed by atoms with van der Waals surface area (Å²) in [6.45, 7) is 8.50. The van der Waals surface area contributed by atoms with Gasteiger partial charge >= 0.3 is 0 Å². The van der Waals surface area contributed by atoms with Crippen LogP contribution in [0.15, 0.2) is 59.8 Å². The SMILES string of the molecule is C=O.CC(C)CNCCCCCc1nnc(SCC(=O)c2ccccc2)n1-c1cccc(O)c1. The van der Waals surface area contributed by atoms with Gasteiger partial charge in [-0.05, 0) is 44.0 Å². The predicted molar refractivity (Wildman–Crippen MR) is 137 cm³/mol. The van der Waals surface area contributed by atoms with Gasteiger partial charge in [0, 0.05) is 18.1 Å². The first kappa shape index (κ1) is 27.3. The second-order valence-electron chi connectivity index (χ2n) is 8.24. The largest absolute Gasteiger partial charge is 0.508 e. The molecule has 0 amide bonds. The normalized spacial score (nSPS) is 10.7. The van der Waals surface area contributed by atoms with E-state index in [1.165, 1.54) is 11.8 Å². The Kier molecular flexibility index (Phi) is 12.1. The summed E-state index contributed by atoms with van der Waals surface area (Å²) in [7, 11) is 0. The summed E-state index contributed by atoms with van der Waals surface area (Å²) in [4.78, 5) is 20.5. The van der Waals surface area contributed by atoms with Crippen molar-refractivity contribution in [3.05, 3.63) is 66.0 Å². The van der Waals surface area contributed by atoms with E-state index in [1.54, 1.807) is 18.2 Å². The van der Waals surface area contributed by atoms with Gasteiger partial charge in [-0.2, -0.15) is 0 Å². The first-order valence-electron chi connectivity index (χ1n) is 11.5. The Morgan fingerprint density at radius 3 is 2.53 bits per heavy atom. The lowest BCUT2D eigenvalue weighted by Crippen LogP contribution is -2.20. The van der Waals surface area contributed by atoms with Crippen LogP contribution in [0.25, 0.3) is 5.69 Å². The third-order valence-corrected chi connectivity index (χ3v) is 5.95. The molecule has 3 rings (SSSR count). The number of phenols is 1. The van der Waals surface area contributed by atoms with E-state index in [2.05, 4.69) is 29.4 Å². The smallest absolute Gasteiger partial charge is 0.196 e. The van der Waals surface area contributed by atoms with Crippen molar-refractivity contribution in [3.63, 3.8) is 0 Å². The van der Waals surface area contributed by atoms with E-state index in [-0.39, 0.29) is 17.3 Å². The molecule has 0 aliphatic carbocycles. The summed E-state index contributed by atoms with van der Waals surface area (Å²) in [6, 6.07) is 16.3. The highest BCUT2D eigenvalue weighted by Gasteiger charge is 2.16. The molecule has 0 fully saturated rings. The summed E-state index contributed by atoms with van der Waals surface area (Å²) in [6.07, 6.45) is 4.03. The van der Waals surface area contributed by atoms with Crippen molar-refractivity contribution in [1.82, 2.24) is 20.1 Å². The number of ketones is 1. The van der Waals surface area contributed by atoms with Crippen molar-refractivity contribution in [1.29, 1.82) is 0 Å². The molecule has 0 saturated carbocycles. The number of thioether (sulfide) groups is 1. The van der Waals surface area contributed by atoms with Crippen molar-refractivity contribution in [2.45, 2.75) is 44.7 Å². The molecule has 0 saturated heterocycles. The summed E-state index contributed by atoms with van der Waals surface area (Å²) in [5, 5.41) is 22.9. The van der Waals surface area contributed by atoms with Crippen molar-refractivity contribution >= 4 is 24.3 Å². The number of carbonyl (C=O) groups is 2. The molecular formula is C26H34N4O3S. The monoisotopic (exact) mass is 482 g/mol. The second kappa shape index (κ2) is 15.0. The lowest BCUT2D eigenvalue weighted by molar-refractivity contribution is -0.0980. The number of aryl methyl sites for hydroxylation is 1. The third kappa shape index (κ3) is 8.76. The van der Waals surface area contributed by atoms with E-state index in [4.69, 9.17) is 4.79 Å². The zero-order valence-corrected chi connectivity index (χ0v) is 20.8. The van der Waals surface area contributed by atoms with Gasteiger partial charge in [0.05, 0.1) is 11.4 Å². The summed E-state index contributed by atoms with van der Waals surface area (Å²) < 4.78 is 1.96. The molecule has 0 spiro atoms. The Hall–Kier alpha value is -2.97. The van der Waals surface area contributed by atoms with Crippen LogP contribution in [0.4, 0.5) is 0 Å². The van der Waals surface area contributed by atoms with Gasteiger partial charge in [-0.15, -0.1) is 10.2 Å². The van der Waals surface area contributed by atoms with E-state index in [0.717, 1.165) is 50.3 Å². The lowest BCUT2D eigenvalue weighted by atomic mass is 10.1. The summed E-state index contributed by atoms with van der Waals surface area (Å²) in [5.74, 6) is 2.04. The fourth-order valence-electron chi connectivity index (χ4n) is 3.39. The second-order valence-corrected chi connectivity index (χ2v) is 9.18. The number of nitrogens with zero attached hydrogens (tertiary/aromatic N) is 3. The van der Waals surface area contributed by atoms with E-state index in [9.17, 15) is 9.90 Å². The molecule has 3 aromatic rings. The third-order valence-electron chi connectivity index (χ3n) is 5.02. The molecule has 2 N–H and O–H groups in total. The maximum atomic E-state index is 12.5. The van der Waals surface area contributed by atoms with Gasteiger partial charge in [0.2, 0.25) is 0 Å². The van der Waals surface area contributed by atoms with E-state index < -0.39 is 0 Å². The topological polar surface area (TPSA) is 97.1 Å². The van der Waals surface area contributed by atoms with Crippen LogP contribution in [0.1, 0.15) is 49.3 Å². The number of rotatable bonds is 13. The quantitative estimate of drug-likeness (QED) is 0.207. The number of aromatic hydroxyl groups is 1. The molecule has 34 heavy (non-hydrogen) atoms. The van der Waals surface area contributed by atoms with Crippen molar-refractivity contribution in [2.75, 3.05) is 18.8 Å². The zero-order chi connectivity index (χ0) is 24.8. The molecule has 0 atom stereocenters. The van der Waals surface area contributed by atoms with Crippen LogP contribution in [-0.2, 0) is 11.2 Å². The molecule has 7 nitrogen and oxygen atoms in total. The zero-order valence-electron chi connectivity index (χ0n) is 19.9. The van der Waals surface area contributed by atoms with Crippen molar-refractivity contribution in [3.8, 4) is 11.4 Å². The van der Waals surface area contributed by atoms with Gasteiger partial charge in [0.1, 0.15) is 18.4 Å². The maximum absolute atomic E-state index is 12.5. The number of hydrogen-bond acceptors (Lipinski definition) is 7. The molecule has 0 aliphatic rings. The minimum atomic E-state index is 0.0523. The Balaban J connectivity index is 0.00000199. The number of benzene rings is 2. The Morgan fingerprint density at radius 1 is 1.06 bits per heavy atom. The van der Waals surface area contributed by atoms with Crippen LogP contribution in [0.3, 0.4) is 0 Å². The maximum Gasteiger partial charge on any atom is 0.196 e. The van der Waals surface area contributed by atoms with Crippen LogP contribution >= 0.6 is 11.8 Å². The molecular weight excluding hydrogens is 448 g/mol. The van der Waals surface area contributed by atoms with Crippen LogP contribution < -0.4 is 5.32 Å². The highest BCUT2D eigenvalue weighted by Crippen LogP contribution is 2.25. The average Bonchev–Trinajstić information content (AvgIpc) is 3.26. The molecule has 0 unspecified atom stereocenters. The number of carbonyl (C=O) groups excluding carboxylic acids is 2. The number of Topliss-reactive ketones (excluding diaryl/α,β-unsaturated/α-hetero) is 1. The predicted octanol–water partition coefficient (Wildman–Crippen LogP) is 4.72. The molecule has 1 aromatic heterocycles. The van der Waals surface area contributed by atoms with Crippen molar-refractivity contribution in [2.24, 2.45) is 5.92 Å². The number of aromatic nitrogens is 3. The minimum Gasteiger partial charge on any atom is -0.508 e. The van der Waals surface area contributed by atoms with Gasteiger partial charge in [-0.3, -0.25) is 9.36 Å². The fourth-order valence-corrected chi connectivity index (χ4v) is 4.25. The lowest BCUT2D eigenvalue weighted by Gasteiger charge is -2.11. The average molecular weight is 483 g/mol. The molecule has 182 valence electrons. The van der Waals surface area contributed by atoms with Gasteiger partial charge in [-0.25, -0.2) is 0 Å². The van der Waals surface area contributed by atoms with Crippen LogP contribution in [-0.4, -0.2) is 51.3 Å². The number of hydrogen-bond donors (Lipinski definition) is 2. The van der Waals surface area contributed by atoms with E-state index in [0.29, 0.717) is 16.6 Å². The molecule has 0 aliphatic heterocycles. The molecule has 8 heteroatoms. The first-order chi connectivity index (χ1) is 16.5.